The van der Waals surface area contributed by atoms with Crippen molar-refractivity contribution in [1.29, 1.82) is 0 Å². The smallest absolute Gasteiger partial charge is 0.00105 e. The maximum atomic E-state index is 5.71. The highest BCUT2D eigenvalue weighted by Gasteiger charge is 2.12. The molecule has 0 aliphatic heterocycles. The summed E-state index contributed by atoms with van der Waals surface area (Å²) in [6.07, 6.45) is 9.92. The van der Waals surface area contributed by atoms with Gasteiger partial charge in [-0.05, 0) is 25.7 Å². The lowest BCUT2D eigenvalue weighted by Gasteiger charge is -2.21. The van der Waals surface area contributed by atoms with E-state index in [1.54, 1.807) is 0 Å². The van der Waals surface area contributed by atoms with E-state index in [2.05, 4.69) is 6.92 Å². The van der Waals surface area contributed by atoms with Crippen LogP contribution in [-0.4, -0.2) is 6.04 Å². The standard InChI is InChI=1S/C10H21N/c1-9(11)7-8-10-5-3-2-4-6-10/h9-10H,2-8,11H2,1H3/t9-/m0/s1. The Balaban J connectivity index is 2.05. The summed E-state index contributed by atoms with van der Waals surface area (Å²) in [6, 6.07) is 0.414. The van der Waals surface area contributed by atoms with Gasteiger partial charge in [0.2, 0.25) is 0 Å². The topological polar surface area (TPSA) is 26.0 Å². The SMILES string of the molecule is C[C@H](N)CCC1CCCCC1. The highest BCUT2D eigenvalue weighted by Crippen LogP contribution is 2.27. The van der Waals surface area contributed by atoms with Gasteiger partial charge in [-0.15, -0.1) is 0 Å². The van der Waals surface area contributed by atoms with E-state index >= 15 is 0 Å². The van der Waals surface area contributed by atoms with Crippen molar-refractivity contribution in [2.24, 2.45) is 11.7 Å². The van der Waals surface area contributed by atoms with Gasteiger partial charge in [-0.1, -0.05) is 32.1 Å². The first-order valence-electron chi connectivity index (χ1n) is 5.04. The predicted octanol–water partition coefficient (Wildman–Crippen LogP) is 2.69. The Labute approximate surface area is 70.4 Å². The molecule has 0 aromatic heterocycles. The van der Waals surface area contributed by atoms with Gasteiger partial charge in [0.15, 0.2) is 0 Å². The number of rotatable bonds is 3. The maximum absolute atomic E-state index is 5.71. The highest BCUT2D eigenvalue weighted by molar-refractivity contribution is 4.67. The highest BCUT2D eigenvalue weighted by atomic mass is 14.6. The normalized spacial score (nSPS) is 23.5. The van der Waals surface area contributed by atoms with Crippen LogP contribution in [0.4, 0.5) is 0 Å². The molecule has 1 nitrogen and oxygen atoms in total. The van der Waals surface area contributed by atoms with Crippen LogP contribution in [0.25, 0.3) is 0 Å². The van der Waals surface area contributed by atoms with Gasteiger partial charge in [0, 0.05) is 6.04 Å². The summed E-state index contributed by atoms with van der Waals surface area (Å²) < 4.78 is 0. The minimum absolute atomic E-state index is 0.414. The summed E-state index contributed by atoms with van der Waals surface area (Å²) in [5.41, 5.74) is 5.71. The molecule has 66 valence electrons. The van der Waals surface area contributed by atoms with E-state index in [4.69, 9.17) is 5.73 Å². The van der Waals surface area contributed by atoms with Crippen molar-refractivity contribution in [2.45, 2.75) is 57.9 Å². The fourth-order valence-corrected chi connectivity index (χ4v) is 1.97. The minimum Gasteiger partial charge on any atom is -0.328 e. The summed E-state index contributed by atoms with van der Waals surface area (Å²) in [5.74, 6) is 1.01. The van der Waals surface area contributed by atoms with Crippen molar-refractivity contribution in [1.82, 2.24) is 0 Å². The molecule has 1 aliphatic carbocycles. The second kappa shape index (κ2) is 4.76. The van der Waals surface area contributed by atoms with Gasteiger partial charge in [0.1, 0.15) is 0 Å². The quantitative estimate of drug-likeness (QED) is 0.666. The molecular formula is C10H21N. The van der Waals surface area contributed by atoms with Crippen LogP contribution >= 0.6 is 0 Å². The van der Waals surface area contributed by atoms with Gasteiger partial charge < -0.3 is 5.73 Å². The Hall–Kier alpha value is -0.0400. The van der Waals surface area contributed by atoms with Crippen LogP contribution in [0, 0.1) is 5.92 Å². The van der Waals surface area contributed by atoms with E-state index in [1.807, 2.05) is 0 Å². The molecule has 1 heteroatoms. The second-order valence-electron chi connectivity index (χ2n) is 4.06. The molecule has 0 saturated heterocycles. The van der Waals surface area contributed by atoms with Crippen LogP contribution in [-0.2, 0) is 0 Å². The molecule has 1 atom stereocenters. The molecule has 0 spiro atoms. The number of hydrogen-bond acceptors (Lipinski definition) is 1. The molecule has 1 fully saturated rings. The Morgan fingerprint density at radius 1 is 1.27 bits per heavy atom. The molecule has 0 unspecified atom stereocenters. The summed E-state index contributed by atoms with van der Waals surface area (Å²) in [7, 11) is 0. The second-order valence-corrected chi connectivity index (χ2v) is 4.06. The third-order valence-electron chi connectivity index (χ3n) is 2.76. The summed E-state index contributed by atoms with van der Waals surface area (Å²) >= 11 is 0. The van der Waals surface area contributed by atoms with E-state index in [1.165, 1.54) is 44.9 Å². The molecular weight excluding hydrogens is 134 g/mol. The predicted molar refractivity (Wildman–Crippen MR) is 49.5 cm³/mol. The van der Waals surface area contributed by atoms with Gasteiger partial charge in [0.25, 0.3) is 0 Å². The fourth-order valence-electron chi connectivity index (χ4n) is 1.97. The molecule has 2 N–H and O–H groups in total. The van der Waals surface area contributed by atoms with Crippen molar-refractivity contribution in [3.63, 3.8) is 0 Å². The van der Waals surface area contributed by atoms with E-state index in [9.17, 15) is 0 Å². The first-order valence-corrected chi connectivity index (χ1v) is 5.04. The van der Waals surface area contributed by atoms with Crippen molar-refractivity contribution < 1.29 is 0 Å². The molecule has 0 amide bonds. The molecule has 1 aliphatic rings. The zero-order valence-corrected chi connectivity index (χ0v) is 7.68. The van der Waals surface area contributed by atoms with Gasteiger partial charge in [-0.3, -0.25) is 0 Å². The van der Waals surface area contributed by atoms with E-state index < -0.39 is 0 Å². The van der Waals surface area contributed by atoms with Crippen LogP contribution in [0.5, 0.6) is 0 Å². The fraction of sp³-hybridized carbons (Fsp3) is 1.00. The minimum atomic E-state index is 0.414. The van der Waals surface area contributed by atoms with E-state index in [0.717, 1.165) is 5.92 Å². The molecule has 1 saturated carbocycles. The first kappa shape index (κ1) is 9.05. The number of hydrogen-bond donors (Lipinski definition) is 1. The van der Waals surface area contributed by atoms with Gasteiger partial charge in [0.05, 0.1) is 0 Å². The molecule has 0 aromatic rings. The largest absolute Gasteiger partial charge is 0.328 e. The zero-order valence-electron chi connectivity index (χ0n) is 7.68. The van der Waals surface area contributed by atoms with Crippen LogP contribution in [0.1, 0.15) is 51.9 Å². The lowest BCUT2D eigenvalue weighted by Crippen LogP contribution is -2.17. The third kappa shape index (κ3) is 3.76. The lowest BCUT2D eigenvalue weighted by molar-refractivity contribution is 0.325. The van der Waals surface area contributed by atoms with Crippen molar-refractivity contribution >= 4 is 0 Å². The van der Waals surface area contributed by atoms with Crippen LogP contribution in [0.3, 0.4) is 0 Å². The van der Waals surface area contributed by atoms with E-state index in [-0.39, 0.29) is 0 Å². The molecule has 1 rings (SSSR count). The maximum Gasteiger partial charge on any atom is 0.00105 e. The number of nitrogens with two attached hydrogens (primary N) is 1. The Morgan fingerprint density at radius 2 is 1.91 bits per heavy atom. The molecule has 0 heterocycles. The van der Waals surface area contributed by atoms with Crippen LogP contribution in [0.15, 0.2) is 0 Å². The first-order chi connectivity index (χ1) is 5.29. The average molecular weight is 155 g/mol. The monoisotopic (exact) mass is 155 g/mol. The summed E-state index contributed by atoms with van der Waals surface area (Å²) in [5, 5.41) is 0. The van der Waals surface area contributed by atoms with Gasteiger partial charge >= 0.3 is 0 Å². The van der Waals surface area contributed by atoms with Crippen molar-refractivity contribution in [2.75, 3.05) is 0 Å². The Bertz CT molecular complexity index is 93.0. The van der Waals surface area contributed by atoms with E-state index in [0.29, 0.717) is 6.04 Å². The van der Waals surface area contributed by atoms with Gasteiger partial charge in [-0.2, -0.15) is 0 Å². The van der Waals surface area contributed by atoms with Crippen molar-refractivity contribution in [3.05, 3.63) is 0 Å². The molecule has 11 heavy (non-hydrogen) atoms. The molecule has 0 bridgehead atoms. The van der Waals surface area contributed by atoms with Gasteiger partial charge in [-0.25, -0.2) is 0 Å². The summed E-state index contributed by atoms with van der Waals surface area (Å²) in [4.78, 5) is 0. The average Bonchev–Trinajstić information content (AvgIpc) is 2.03. The van der Waals surface area contributed by atoms with Crippen LogP contribution in [0.2, 0.25) is 0 Å². The Morgan fingerprint density at radius 3 is 2.45 bits per heavy atom. The lowest BCUT2D eigenvalue weighted by atomic mass is 9.85. The summed E-state index contributed by atoms with van der Waals surface area (Å²) in [6.45, 7) is 2.11. The third-order valence-corrected chi connectivity index (χ3v) is 2.76. The Kier molecular flexibility index (Phi) is 3.92. The molecule has 0 aromatic carbocycles. The molecule has 0 radical (unpaired) electrons. The zero-order chi connectivity index (χ0) is 8.10. The van der Waals surface area contributed by atoms with Crippen LogP contribution < -0.4 is 5.73 Å². The van der Waals surface area contributed by atoms with Crippen molar-refractivity contribution in [3.8, 4) is 0 Å².